The Morgan fingerprint density at radius 1 is 1.50 bits per heavy atom. The number of ether oxygens (including phenoxy) is 1. The molecule has 100 valence electrons. The van der Waals surface area contributed by atoms with Gasteiger partial charge in [0.1, 0.15) is 5.75 Å². The summed E-state index contributed by atoms with van der Waals surface area (Å²) >= 11 is 3.33. The van der Waals surface area contributed by atoms with Crippen molar-refractivity contribution in [2.24, 2.45) is 5.92 Å². The summed E-state index contributed by atoms with van der Waals surface area (Å²) in [6, 6.07) is 5.14. The molecule has 1 aromatic rings. The number of hydrogen-bond acceptors (Lipinski definition) is 3. The maximum absolute atomic E-state index is 12.1. The molecule has 0 saturated carbocycles. The van der Waals surface area contributed by atoms with E-state index in [-0.39, 0.29) is 24.5 Å². The molecule has 2 atom stereocenters. The minimum atomic E-state index is -0.202. The van der Waals surface area contributed by atoms with Crippen molar-refractivity contribution in [3.63, 3.8) is 0 Å². The van der Waals surface area contributed by atoms with Crippen LogP contribution in [0.2, 0.25) is 0 Å². The Labute approximate surface area is 115 Å². The number of hydrogen-bond donors (Lipinski definition) is 2. The Kier molecular flexibility index (Phi) is 5.62. The van der Waals surface area contributed by atoms with Gasteiger partial charge in [0.25, 0.3) is 5.91 Å². The first-order valence-electron chi connectivity index (χ1n) is 5.74. The zero-order chi connectivity index (χ0) is 13.7. The number of aliphatic hydroxyl groups is 1. The molecule has 0 aliphatic heterocycles. The van der Waals surface area contributed by atoms with Crippen molar-refractivity contribution < 1.29 is 14.6 Å². The topological polar surface area (TPSA) is 58.6 Å². The summed E-state index contributed by atoms with van der Waals surface area (Å²) < 4.78 is 6.03. The summed E-state index contributed by atoms with van der Waals surface area (Å²) in [5.74, 6) is 0.327. The van der Waals surface area contributed by atoms with Crippen LogP contribution in [0.1, 0.15) is 24.2 Å². The Morgan fingerprint density at radius 3 is 2.72 bits per heavy atom. The molecule has 0 aliphatic carbocycles. The van der Waals surface area contributed by atoms with Gasteiger partial charge in [-0.15, -0.1) is 0 Å². The molecule has 0 spiro atoms. The smallest absolute Gasteiger partial charge is 0.255 e. The fraction of sp³-hybridized carbons (Fsp3) is 0.462. The normalized spacial score (nSPS) is 13.8. The van der Waals surface area contributed by atoms with E-state index in [1.807, 2.05) is 13.8 Å². The molecule has 1 aromatic carbocycles. The second kappa shape index (κ2) is 6.75. The third kappa shape index (κ3) is 3.71. The molecule has 0 radical (unpaired) electrons. The predicted molar refractivity (Wildman–Crippen MR) is 73.9 cm³/mol. The van der Waals surface area contributed by atoms with Gasteiger partial charge in [-0.05, 0) is 31.0 Å². The van der Waals surface area contributed by atoms with Crippen LogP contribution in [0.5, 0.6) is 5.75 Å². The monoisotopic (exact) mass is 315 g/mol. The highest BCUT2D eigenvalue weighted by Crippen LogP contribution is 2.23. The standard InChI is InChI=1S/C13H18BrNO3/c1-8(7-16)9(2)15-13(17)11-5-4-10(14)6-12(11)18-3/h4-6,8-9,16H,7H2,1-3H3,(H,15,17). The van der Waals surface area contributed by atoms with Crippen LogP contribution in [0, 0.1) is 5.92 Å². The number of halogens is 1. The number of carbonyl (C=O) groups is 1. The van der Waals surface area contributed by atoms with Crippen LogP contribution < -0.4 is 10.1 Å². The number of nitrogens with one attached hydrogen (secondary N) is 1. The van der Waals surface area contributed by atoms with Crippen molar-refractivity contribution in [3.8, 4) is 5.75 Å². The average molecular weight is 316 g/mol. The fourth-order valence-corrected chi connectivity index (χ4v) is 1.78. The first kappa shape index (κ1) is 15.0. The lowest BCUT2D eigenvalue weighted by Crippen LogP contribution is -2.38. The van der Waals surface area contributed by atoms with E-state index >= 15 is 0 Å². The van der Waals surface area contributed by atoms with E-state index in [9.17, 15) is 4.79 Å². The van der Waals surface area contributed by atoms with Crippen molar-refractivity contribution in [2.75, 3.05) is 13.7 Å². The second-order valence-corrected chi connectivity index (χ2v) is 5.18. The molecule has 1 amide bonds. The zero-order valence-corrected chi connectivity index (χ0v) is 12.3. The molecule has 2 N–H and O–H groups in total. The second-order valence-electron chi connectivity index (χ2n) is 4.27. The molecule has 5 heteroatoms. The maximum Gasteiger partial charge on any atom is 0.255 e. The van der Waals surface area contributed by atoms with E-state index in [0.29, 0.717) is 11.3 Å². The van der Waals surface area contributed by atoms with Crippen molar-refractivity contribution in [1.82, 2.24) is 5.32 Å². The third-order valence-corrected chi connectivity index (χ3v) is 3.40. The maximum atomic E-state index is 12.1. The largest absolute Gasteiger partial charge is 0.496 e. The zero-order valence-electron chi connectivity index (χ0n) is 10.7. The Hall–Kier alpha value is -1.07. The van der Waals surface area contributed by atoms with Crippen molar-refractivity contribution in [2.45, 2.75) is 19.9 Å². The number of methoxy groups -OCH3 is 1. The van der Waals surface area contributed by atoms with Crippen LogP contribution in [0.4, 0.5) is 0 Å². The van der Waals surface area contributed by atoms with E-state index in [4.69, 9.17) is 9.84 Å². The van der Waals surface area contributed by atoms with Gasteiger partial charge in [-0.25, -0.2) is 0 Å². The Bertz CT molecular complexity index is 423. The van der Waals surface area contributed by atoms with E-state index in [1.165, 1.54) is 7.11 Å². The average Bonchev–Trinajstić information content (AvgIpc) is 2.37. The van der Waals surface area contributed by atoms with Crippen LogP contribution in [-0.4, -0.2) is 30.8 Å². The summed E-state index contributed by atoms with van der Waals surface area (Å²) in [4.78, 5) is 12.1. The van der Waals surface area contributed by atoms with Crippen LogP contribution in [0.25, 0.3) is 0 Å². The summed E-state index contributed by atoms with van der Waals surface area (Å²) in [5, 5.41) is 11.9. The van der Waals surface area contributed by atoms with E-state index in [2.05, 4.69) is 21.2 Å². The van der Waals surface area contributed by atoms with Crippen molar-refractivity contribution in [1.29, 1.82) is 0 Å². The molecule has 1 rings (SSSR count). The van der Waals surface area contributed by atoms with Gasteiger partial charge in [-0.3, -0.25) is 4.79 Å². The SMILES string of the molecule is COc1cc(Br)ccc1C(=O)NC(C)C(C)CO. The van der Waals surface area contributed by atoms with Gasteiger partial charge in [-0.2, -0.15) is 0 Å². The van der Waals surface area contributed by atoms with Crippen molar-refractivity contribution >= 4 is 21.8 Å². The lowest BCUT2D eigenvalue weighted by Gasteiger charge is -2.20. The van der Waals surface area contributed by atoms with Crippen LogP contribution >= 0.6 is 15.9 Å². The van der Waals surface area contributed by atoms with Crippen LogP contribution in [-0.2, 0) is 0 Å². The number of aliphatic hydroxyl groups excluding tert-OH is 1. The number of rotatable bonds is 5. The highest BCUT2D eigenvalue weighted by atomic mass is 79.9. The van der Waals surface area contributed by atoms with Crippen LogP contribution in [0.15, 0.2) is 22.7 Å². The molecule has 0 aliphatic rings. The predicted octanol–water partition coefficient (Wildman–Crippen LogP) is 2.20. The van der Waals surface area contributed by atoms with Gasteiger partial charge in [0.05, 0.1) is 12.7 Å². The lowest BCUT2D eigenvalue weighted by molar-refractivity contribution is 0.0913. The molecule has 4 nitrogen and oxygen atoms in total. The lowest BCUT2D eigenvalue weighted by atomic mass is 10.0. The first-order chi connectivity index (χ1) is 8.49. The van der Waals surface area contributed by atoms with Gasteiger partial charge in [0.15, 0.2) is 0 Å². The van der Waals surface area contributed by atoms with Gasteiger partial charge in [0, 0.05) is 17.1 Å². The molecule has 0 bridgehead atoms. The van der Waals surface area contributed by atoms with E-state index < -0.39 is 0 Å². The molecule has 18 heavy (non-hydrogen) atoms. The molecule has 0 heterocycles. The van der Waals surface area contributed by atoms with E-state index in [0.717, 1.165) is 4.47 Å². The minimum Gasteiger partial charge on any atom is -0.496 e. The van der Waals surface area contributed by atoms with Crippen LogP contribution in [0.3, 0.4) is 0 Å². The molecular weight excluding hydrogens is 298 g/mol. The first-order valence-corrected chi connectivity index (χ1v) is 6.54. The highest BCUT2D eigenvalue weighted by Gasteiger charge is 2.17. The van der Waals surface area contributed by atoms with Gasteiger partial charge in [-0.1, -0.05) is 22.9 Å². The highest BCUT2D eigenvalue weighted by molar-refractivity contribution is 9.10. The quantitative estimate of drug-likeness (QED) is 0.875. The van der Waals surface area contributed by atoms with Crippen molar-refractivity contribution in [3.05, 3.63) is 28.2 Å². The summed E-state index contributed by atoms with van der Waals surface area (Å²) in [5.41, 5.74) is 0.484. The summed E-state index contributed by atoms with van der Waals surface area (Å²) in [7, 11) is 1.53. The number of carbonyl (C=O) groups excluding carboxylic acids is 1. The Balaban J connectivity index is 2.84. The van der Waals surface area contributed by atoms with E-state index in [1.54, 1.807) is 18.2 Å². The molecule has 2 unspecified atom stereocenters. The number of amides is 1. The minimum absolute atomic E-state index is 0.00962. The van der Waals surface area contributed by atoms with Gasteiger partial charge in [0.2, 0.25) is 0 Å². The van der Waals surface area contributed by atoms with Gasteiger partial charge < -0.3 is 15.2 Å². The number of benzene rings is 1. The third-order valence-electron chi connectivity index (χ3n) is 2.91. The molecule has 0 aromatic heterocycles. The van der Waals surface area contributed by atoms with Gasteiger partial charge >= 0.3 is 0 Å². The summed E-state index contributed by atoms with van der Waals surface area (Å²) in [6.07, 6.45) is 0. The summed E-state index contributed by atoms with van der Waals surface area (Å²) in [6.45, 7) is 3.78. The Morgan fingerprint density at radius 2 is 2.17 bits per heavy atom. The molecule has 0 saturated heterocycles. The molecule has 0 fully saturated rings. The molecular formula is C13H18BrNO3. The fourth-order valence-electron chi connectivity index (χ4n) is 1.44.